The van der Waals surface area contributed by atoms with Crippen molar-refractivity contribution in [2.24, 2.45) is 0 Å². The van der Waals surface area contributed by atoms with E-state index in [9.17, 15) is 4.79 Å². The van der Waals surface area contributed by atoms with Crippen LogP contribution in [0.15, 0.2) is 38.5 Å². The van der Waals surface area contributed by atoms with Gasteiger partial charge in [-0.15, -0.1) is 21.5 Å². The normalized spacial score (nSPS) is 11.1. The third-order valence-corrected chi connectivity index (χ3v) is 5.50. The van der Waals surface area contributed by atoms with Crippen LogP contribution in [0.3, 0.4) is 0 Å². The number of esters is 1. The van der Waals surface area contributed by atoms with Gasteiger partial charge in [0.1, 0.15) is 0 Å². The number of fused-ring (bicyclic) bond motifs is 1. The van der Waals surface area contributed by atoms with Gasteiger partial charge in [0.25, 0.3) is 11.8 Å². The molecule has 0 unspecified atom stereocenters. The van der Waals surface area contributed by atoms with E-state index in [1.54, 1.807) is 18.2 Å². The Morgan fingerprint density at radius 1 is 1.11 bits per heavy atom. The number of benzene rings is 1. The Balaban J connectivity index is 1.47. The van der Waals surface area contributed by atoms with Crippen molar-refractivity contribution in [2.45, 2.75) is 20.5 Å². The lowest BCUT2D eigenvalue weighted by Crippen LogP contribution is -2.06. The number of halogens is 1. The lowest BCUT2D eigenvalue weighted by molar-refractivity contribution is 0.0439. The SMILES string of the molecule is Cc1nc2ccc(C(=O)OCc3nnc(-c4ccc(Br)s4)o3)cc2nc1C. The fourth-order valence-electron chi connectivity index (χ4n) is 2.41. The highest BCUT2D eigenvalue weighted by Crippen LogP contribution is 2.30. The van der Waals surface area contributed by atoms with E-state index in [0.29, 0.717) is 17.0 Å². The zero-order chi connectivity index (χ0) is 19.0. The molecule has 0 aliphatic carbocycles. The summed E-state index contributed by atoms with van der Waals surface area (Å²) in [4.78, 5) is 22.1. The predicted molar refractivity (Wildman–Crippen MR) is 103 cm³/mol. The summed E-state index contributed by atoms with van der Waals surface area (Å²) >= 11 is 4.87. The summed E-state index contributed by atoms with van der Waals surface area (Å²) in [5, 5.41) is 7.89. The standard InChI is InChI=1S/C18H13BrN4O3S/c1-9-10(2)21-13-7-11(3-4-12(13)20-9)18(24)25-8-16-22-23-17(26-16)14-5-6-15(19)27-14/h3-7H,8H2,1-2H3. The van der Waals surface area contributed by atoms with Crippen molar-refractivity contribution >= 4 is 44.3 Å². The van der Waals surface area contributed by atoms with E-state index >= 15 is 0 Å². The van der Waals surface area contributed by atoms with Crippen LogP contribution in [-0.4, -0.2) is 26.1 Å². The minimum atomic E-state index is -0.490. The molecular weight excluding hydrogens is 432 g/mol. The van der Waals surface area contributed by atoms with Crippen molar-refractivity contribution in [3.63, 3.8) is 0 Å². The highest BCUT2D eigenvalue weighted by molar-refractivity contribution is 9.11. The molecule has 4 rings (SSSR count). The van der Waals surface area contributed by atoms with Gasteiger partial charge in [-0.2, -0.15) is 0 Å². The van der Waals surface area contributed by atoms with E-state index < -0.39 is 5.97 Å². The molecular formula is C18H13BrN4O3S. The molecule has 0 fully saturated rings. The number of hydrogen-bond donors (Lipinski definition) is 0. The molecule has 7 nitrogen and oxygen atoms in total. The molecule has 27 heavy (non-hydrogen) atoms. The van der Waals surface area contributed by atoms with Gasteiger partial charge in [0.2, 0.25) is 0 Å². The number of rotatable bonds is 4. The van der Waals surface area contributed by atoms with Gasteiger partial charge >= 0.3 is 5.97 Å². The highest BCUT2D eigenvalue weighted by Gasteiger charge is 2.14. The molecule has 3 aromatic heterocycles. The second kappa shape index (κ2) is 7.16. The fourth-order valence-corrected chi connectivity index (χ4v) is 3.72. The first-order chi connectivity index (χ1) is 13.0. The predicted octanol–water partition coefficient (Wildman–Crippen LogP) is 4.48. The van der Waals surface area contributed by atoms with E-state index in [0.717, 1.165) is 25.6 Å². The maximum Gasteiger partial charge on any atom is 0.338 e. The summed E-state index contributed by atoms with van der Waals surface area (Å²) < 4.78 is 11.8. The summed E-state index contributed by atoms with van der Waals surface area (Å²) in [7, 11) is 0. The maximum absolute atomic E-state index is 12.3. The van der Waals surface area contributed by atoms with Crippen LogP contribution < -0.4 is 0 Å². The van der Waals surface area contributed by atoms with Crippen molar-refractivity contribution < 1.29 is 13.9 Å². The van der Waals surface area contributed by atoms with E-state index in [1.807, 2.05) is 26.0 Å². The first kappa shape index (κ1) is 17.7. The van der Waals surface area contributed by atoms with E-state index in [-0.39, 0.29) is 12.5 Å². The molecule has 0 aliphatic rings. The summed E-state index contributed by atoms with van der Waals surface area (Å²) in [6, 6.07) is 8.86. The van der Waals surface area contributed by atoms with Crippen LogP contribution in [0.1, 0.15) is 27.6 Å². The molecule has 0 N–H and O–H groups in total. The van der Waals surface area contributed by atoms with Crippen molar-refractivity contribution in [3.8, 4) is 10.8 Å². The Kier molecular flexibility index (Phi) is 4.71. The van der Waals surface area contributed by atoms with Crippen LogP contribution in [-0.2, 0) is 11.3 Å². The number of aromatic nitrogens is 4. The quantitative estimate of drug-likeness (QED) is 0.428. The second-order valence-electron chi connectivity index (χ2n) is 5.78. The van der Waals surface area contributed by atoms with Crippen LogP contribution in [0.25, 0.3) is 21.8 Å². The average Bonchev–Trinajstić information content (AvgIpc) is 3.29. The number of carbonyl (C=O) groups is 1. The zero-order valence-corrected chi connectivity index (χ0v) is 16.8. The van der Waals surface area contributed by atoms with E-state index in [4.69, 9.17) is 9.15 Å². The number of carbonyl (C=O) groups excluding carboxylic acids is 1. The van der Waals surface area contributed by atoms with Crippen LogP contribution in [0.5, 0.6) is 0 Å². The lowest BCUT2D eigenvalue weighted by Gasteiger charge is -2.05. The molecule has 1 aromatic carbocycles. The van der Waals surface area contributed by atoms with Gasteiger partial charge in [0.15, 0.2) is 6.61 Å². The molecule has 0 saturated heterocycles. The topological polar surface area (TPSA) is 91.0 Å². The van der Waals surface area contributed by atoms with E-state index in [2.05, 4.69) is 36.1 Å². The smallest absolute Gasteiger partial charge is 0.338 e. The van der Waals surface area contributed by atoms with Crippen LogP contribution in [0, 0.1) is 13.8 Å². The first-order valence-electron chi connectivity index (χ1n) is 8.00. The molecule has 0 aliphatic heterocycles. The van der Waals surface area contributed by atoms with Gasteiger partial charge in [-0.05, 0) is 60.1 Å². The Morgan fingerprint density at radius 3 is 2.63 bits per heavy atom. The minimum Gasteiger partial charge on any atom is -0.452 e. The average molecular weight is 445 g/mol. The van der Waals surface area contributed by atoms with Crippen LogP contribution >= 0.6 is 27.3 Å². The molecule has 9 heteroatoms. The summed E-state index contributed by atoms with van der Waals surface area (Å²) in [6.45, 7) is 3.68. The maximum atomic E-state index is 12.3. The third-order valence-electron chi connectivity index (χ3n) is 3.89. The third kappa shape index (κ3) is 3.74. The molecule has 4 aromatic rings. The molecule has 0 atom stereocenters. The van der Waals surface area contributed by atoms with Crippen molar-refractivity contribution in [1.29, 1.82) is 0 Å². The molecule has 0 saturated carbocycles. The van der Waals surface area contributed by atoms with Crippen LogP contribution in [0.2, 0.25) is 0 Å². The molecule has 136 valence electrons. The van der Waals surface area contributed by atoms with Crippen molar-refractivity contribution in [1.82, 2.24) is 20.2 Å². The summed E-state index contributed by atoms with van der Waals surface area (Å²) in [5.74, 6) is 0.133. The molecule has 0 bridgehead atoms. The van der Waals surface area contributed by atoms with Gasteiger partial charge in [-0.1, -0.05) is 0 Å². The summed E-state index contributed by atoms with van der Waals surface area (Å²) in [5.41, 5.74) is 3.46. The van der Waals surface area contributed by atoms with Crippen molar-refractivity contribution in [3.05, 3.63) is 57.0 Å². The van der Waals surface area contributed by atoms with Gasteiger partial charge in [0.05, 0.1) is 36.6 Å². The monoisotopic (exact) mass is 444 g/mol. The number of ether oxygens (including phenoxy) is 1. The molecule has 0 radical (unpaired) electrons. The van der Waals surface area contributed by atoms with Gasteiger partial charge in [0, 0.05) is 0 Å². The second-order valence-corrected chi connectivity index (χ2v) is 8.24. The Morgan fingerprint density at radius 2 is 1.89 bits per heavy atom. The lowest BCUT2D eigenvalue weighted by atomic mass is 10.2. The first-order valence-corrected chi connectivity index (χ1v) is 9.61. The van der Waals surface area contributed by atoms with Gasteiger partial charge in [-0.25, -0.2) is 14.8 Å². The fraction of sp³-hybridized carbons (Fsp3) is 0.167. The highest BCUT2D eigenvalue weighted by atomic mass is 79.9. The Bertz CT molecular complexity index is 1150. The number of thiophene rings is 1. The van der Waals surface area contributed by atoms with Crippen molar-refractivity contribution in [2.75, 3.05) is 0 Å². The van der Waals surface area contributed by atoms with Gasteiger partial charge in [-0.3, -0.25) is 0 Å². The van der Waals surface area contributed by atoms with Gasteiger partial charge < -0.3 is 9.15 Å². The molecule has 0 spiro atoms. The summed E-state index contributed by atoms with van der Waals surface area (Å²) in [6.07, 6.45) is 0. The molecule has 0 amide bonds. The number of nitrogens with zero attached hydrogens (tertiary/aromatic N) is 4. The number of hydrogen-bond acceptors (Lipinski definition) is 8. The largest absolute Gasteiger partial charge is 0.452 e. The Hall–Kier alpha value is -2.65. The number of aryl methyl sites for hydroxylation is 2. The van der Waals surface area contributed by atoms with E-state index in [1.165, 1.54) is 11.3 Å². The van der Waals surface area contributed by atoms with Crippen LogP contribution in [0.4, 0.5) is 0 Å². The minimum absolute atomic E-state index is 0.102. The Labute approximate surface area is 166 Å². The molecule has 3 heterocycles. The zero-order valence-electron chi connectivity index (χ0n) is 14.4.